The Kier molecular flexibility index (Phi) is 2.27. The van der Waals surface area contributed by atoms with Crippen molar-refractivity contribution in [2.45, 2.75) is 19.4 Å². The van der Waals surface area contributed by atoms with E-state index >= 15 is 0 Å². The van der Waals surface area contributed by atoms with Gasteiger partial charge in [-0.05, 0) is 6.42 Å². The number of ether oxygens (including phenoxy) is 1. The van der Waals surface area contributed by atoms with Gasteiger partial charge in [0.05, 0.1) is 12.2 Å². The maximum atomic E-state index is 13.2. The zero-order valence-corrected chi connectivity index (χ0v) is 7.81. The van der Waals surface area contributed by atoms with Gasteiger partial charge in [0.25, 0.3) is 0 Å². The molecule has 1 heterocycles. The Morgan fingerprint density at radius 2 is 2.29 bits per heavy atom. The van der Waals surface area contributed by atoms with Gasteiger partial charge in [-0.15, -0.1) is 0 Å². The van der Waals surface area contributed by atoms with Crippen LogP contribution in [0, 0.1) is 11.6 Å². The highest BCUT2D eigenvalue weighted by Crippen LogP contribution is 2.33. The van der Waals surface area contributed by atoms with Gasteiger partial charge in [-0.3, -0.25) is 0 Å². The average molecular weight is 199 g/mol. The molecule has 1 aliphatic rings. The molecule has 0 saturated carbocycles. The lowest BCUT2D eigenvalue weighted by Gasteiger charge is -2.26. The van der Waals surface area contributed by atoms with Crippen molar-refractivity contribution in [3.05, 3.63) is 23.8 Å². The lowest BCUT2D eigenvalue weighted by Crippen LogP contribution is -2.30. The molecule has 0 saturated heterocycles. The Morgan fingerprint density at radius 1 is 1.50 bits per heavy atom. The molecule has 4 heteroatoms. The number of benzene rings is 1. The fraction of sp³-hybridized carbons (Fsp3) is 0.400. The van der Waals surface area contributed by atoms with Crippen molar-refractivity contribution >= 4 is 5.69 Å². The van der Waals surface area contributed by atoms with Crippen LogP contribution in [0.1, 0.15) is 13.3 Å². The summed E-state index contributed by atoms with van der Waals surface area (Å²) in [5.74, 6) is -1.11. The zero-order valence-electron chi connectivity index (χ0n) is 7.81. The monoisotopic (exact) mass is 199 g/mol. The van der Waals surface area contributed by atoms with Crippen LogP contribution >= 0.6 is 0 Å². The van der Waals surface area contributed by atoms with E-state index in [1.807, 2.05) is 6.92 Å². The van der Waals surface area contributed by atoms with Gasteiger partial charge in [0, 0.05) is 12.1 Å². The summed E-state index contributed by atoms with van der Waals surface area (Å²) < 4.78 is 31.4. The summed E-state index contributed by atoms with van der Waals surface area (Å²) in [4.78, 5) is 0. The second-order valence-corrected chi connectivity index (χ2v) is 3.29. The number of rotatable bonds is 1. The molecule has 0 aromatic heterocycles. The molecule has 0 fully saturated rings. The van der Waals surface area contributed by atoms with Crippen LogP contribution in [0.4, 0.5) is 14.5 Å². The van der Waals surface area contributed by atoms with E-state index in [0.29, 0.717) is 12.2 Å². The van der Waals surface area contributed by atoms with Crippen LogP contribution in [0.5, 0.6) is 5.75 Å². The number of halogens is 2. The molecule has 1 aromatic rings. The largest absolute Gasteiger partial charge is 0.483 e. The smallest absolute Gasteiger partial charge is 0.178 e. The number of nitrogens with one attached hydrogen (secondary N) is 1. The first-order chi connectivity index (χ1) is 6.70. The van der Waals surface area contributed by atoms with Gasteiger partial charge in [0.1, 0.15) is 11.9 Å². The van der Waals surface area contributed by atoms with Crippen LogP contribution < -0.4 is 10.1 Å². The van der Waals surface area contributed by atoms with E-state index in [-0.39, 0.29) is 11.9 Å². The fourth-order valence-electron chi connectivity index (χ4n) is 1.47. The Balaban J connectivity index is 2.37. The molecule has 0 aliphatic carbocycles. The molecule has 0 amide bonds. The molecule has 0 bridgehead atoms. The second-order valence-electron chi connectivity index (χ2n) is 3.29. The highest BCUT2D eigenvalue weighted by atomic mass is 19.1. The Morgan fingerprint density at radius 3 is 3.00 bits per heavy atom. The third kappa shape index (κ3) is 1.52. The van der Waals surface area contributed by atoms with Gasteiger partial charge >= 0.3 is 0 Å². The quantitative estimate of drug-likeness (QED) is 0.750. The van der Waals surface area contributed by atoms with Crippen molar-refractivity contribution in [3.8, 4) is 5.75 Å². The van der Waals surface area contributed by atoms with Crippen LogP contribution in [-0.2, 0) is 0 Å². The van der Waals surface area contributed by atoms with E-state index in [4.69, 9.17) is 4.74 Å². The summed E-state index contributed by atoms with van der Waals surface area (Å²) in [7, 11) is 0. The molecule has 2 nitrogen and oxygen atoms in total. The van der Waals surface area contributed by atoms with Gasteiger partial charge in [-0.2, -0.15) is 0 Å². The number of hydrogen-bond donors (Lipinski definition) is 1. The first-order valence-corrected chi connectivity index (χ1v) is 4.60. The SMILES string of the molecule is CCC1CNc2cc(F)cc(F)c2O1. The molecule has 2 rings (SSSR count). The van der Waals surface area contributed by atoms with Crippen LogP contribution in [0.25, 0.3) is 0 Å². The second kappa shape index (κ2) is 3.44. The molecule has 14 heavy (non-hydrogen) atoms. The lowest BCUT2D eigenvalue weighted by atomic mass is 10.2. The lowest BCUT2D eigenvalue weighted by molar-refractivity contribution is 0.192. The molecule has 0 radical (unpaired) electrons. The van der Waals surface area contributed by atoms with Gasteiger partial charge in [0.15, 0.2) is 11.6 Å². The molecule has 1 atom stereocenters. The standard InChI is InChI=1S/C10H11F2NO/c1-2-7-5-13-9-4-6(11)3-8(12)10(9)14-7/h3-4,7,13H,2,5H2,1H3. The predicted octanol–water partition coefficient (Wildman–Crippen LogP) is 2.55. The Hall–Kier alpha value is -1.32. The first-order valence-electron chi connectivity index (χ1n) is 4.60. The molecular formula is C10H11F2NO. The summed E-state index contributed by atoms with van der Waals surface area (Å²) in [5, 5.41) is 2.94. The van der Waals surface area contributed by atoms with E-state index in [1.165, 1.54) is 6.07 Å². The number of anilines is 1. The van der Waals surface area contributed by atoms with E-state index < -0.39 is 11.6 Å². The van der Waals surface area contributed by atoms with Crippen LogP contribution in [0.3, 0.4) is 0 Å². The summed E-state index contributed by atoms with van der Waals surface area (Å²) in [5.41, 5.74) is 0.396. The van der Waals surface area contributed by atoms with Crippen LogP contribution in [0.15, 0.2) is 12.1 Å². The average Bonchev–Trinajstić information content (AvgIpc) is 2.17. The highest BCUT2D eigenvalue weighted by Gasteiger charge is 2.21. The Bertz CT molecular complexity index is 354. The van der Waals surface area contributed by atoms with Crippen molar-refractivity contribution in [3.63, 3.8) is 0 Å². The normalized spacial score (nSPS) is 19.5. The van der Waals surface area contributed by atoms with E-state index in [1.54, 1.807) is 0 Å². The van der Waals surface area contributed by atoms with E-state index in [2.05, 4.69) is 5.32 Å². The predicted molar refractivity (Wildman–Crippen MR) is 49.6 cm³/mol. The van der Waals surface area contributed by atoms with Crippen molar-refractivity contribution in [1.82, 2.24) is 0 Å². The van der Waals surface area contributed by atoms with Gasteiger partial charge < -0.3 is 10.1 Å². The minimum Gasteiger partial charge on any atom is -0.483 e. The molecule has 1 N–H and O–H groups in total. The van der Waals surface area contributed by atoms with Crippen molar-refractivity contribution in [1.29, 1.82) is 0 Å². The van der Waals surface area contributed by atoms with Crippen molar-refractivity contribution in [2.75, 3.05) is 11.9 Å². The summed E-state index contributed by atoms with van der Waals surface area (Å²) >= 11 is 0. The summed E-state index contributed by atoms with van der Waals surface area (Å²) in [6.07, 6.45) is 0.756. The minimum atomic E-state index is -0.648. The highest BCUT2D eigenvalue weighted by molar-refractivity contribution is 5.58. The molecule has 76 valence electrons. The van der Waals surface area contributed by atoms with Crippen molar-refractivity contribution in [2.24, 2.45) is 0 Å². The summed E-state index contributed by atoms with van der Waals surface area (Å²) in [6, 6.07) is 2.07. The third-order valence-electron chi connectivity index (χ3n) is 2.27. The van der Waals surface area contributed by atoms with Gasteiger partial charge in [-0.25, -0.2) is 8.78 Å². The van der Waals surface area contributed by atoms with E-state index in [0.717, 1.165) is 12.5 Å². The van der Waals surface area contributed by atoms with Crippen LogP contribution in [-0.4, -0.2) is 12.6 Å². The maximum absolute atomic E-state index is 13.2. The summed E-state index contributed by atoms with van der Waals surface area (Å²) in [6.45, 7) is 2.55. The molecule has 0 spiro atoms. The minimum absolute atomic E-state index is 0.0394. The Labute approximate surface area is 80.9 Å². The molecule has 1 unspecified atom stereocenters. The topological polar surface area (TPSA) is 21.3 Å². The number of fused-ring (bicyclic) bond motifs is 1. The molecule has 1 aliphatic heterocycles. The van der Waals surface area contributed by atoms with Crippen LogP contribution in [0.2, 0.25) is 0 Å². The fourth-order valence-corrected chi connectivity index (χ4v) is 1.47. The molecule has 1 aromatic carbocycles. The van der Waals surface area contributed by atoms with Crippen molar-refractivity contribution < 1.29 is 13.5 Å². The third-order valence-corrected chi connectivity index (χ3v) is 2.27. The molecular weight excluding hydrogens is 188 g/mol. The number of hydrogen-bond acceptors (Lipinski definition) is 2. The van der Waals surface area contributed by atoms with E-state index in [9.17, 15) is 8.78 Å². The van der Waals surface area contributed by atoms with Gasteiger partial charge in [-0.1, -0.05) is 6.92 Å². The maximum Gasteiger partial charge on any atom is 0.178 e. The zero-order chi connectivity index (χ0) is 10.1. The first kappa shape index (κ1) is 9.24. The van der Waals surface area contributed by atoms with Gasteiger partial charge in [0.2, 0.25) is 0 Å².